The molecular weight excluding hydrogens is 250 g/mol. The molecule has 1 aromatic rings. The maximum absolute atomic E-state index is 11.6. The van der Waals surface area contributed by atoms with E-state index in [1.807, 2.05) is 6.92 Å². The molecule has 0 aromatic heterocycles. The maximum Gasteiger partial charge on any atom is 0.323 e. The van der Waals surface area contributed by atoms with Crippen LogP contribution in [-0.2, 0) is 9.59 Å². The Bertz CT molecular complexity index is 446. The SMILES string of the molecule is CCOc1ccccc1OCC(=O)N(C)CC(=O)O. The predicted molar refractivity (Wildman–Crippen MR) is 68.4 cm³/mol. The lowest BCUT2D eigenvalue weighted by molar-refractivity contribution is -0.144. The number of para-hydroxylation sites is 2. The fourth-order valence-electron chi connectivity index (χ4n) is 1.38. The van der Waals surface area contributed by atoms with E-state index in [0.717, 1.165) is 4.90 Å². The van der Waals surface area contributed by atoms with Crippen molar-refractivity contribution in [2.24, 2.45) is 0 Å². The lowest BCUT2D eigenvalue weighted by Crippen LogP contribution is -2.35. The smallest absolute Gasteiger partial charge is 0.323 e. The molecule has 104 valence electrons. The maximum atomic E-state index is 11.6. The monoisotopic (exact) mass is 267 g/mol. The number of hydrogen-bond donors (Lipinski definition) is 1. The zero-order valence-electron chi connectivity index (χ0n) is 11.0. The molecule has 0 saturated heterocycles. The van der Waals surface area contributed by atoms with E-state index < -0.39 is 11.9 Å². The first-order valence-electron chi connectivity index (χ1n) is 5.85. The molecule has 0 fully saturated rings. The molecular formula is C13H17NO5. The molecule has 0 heterocycles. The van der Waals surface area contributed by atoms with Crippen molar-refractivity contribution < 1.29 is 24.2 Å². The van der Waals surface area contributed by atoms with Crippen LogP contribution in [0.4, 0.5) is 0 Å². The highest BCUT2D eigenvalue weighted by molar-refractivity contribution is 5.82. The summed E-state index contributed by atoms with van der Waals surface area (Å²) in [4.78, 5) is 23.2. The van der Waals surface area contributed by atoms with E-state index in [2.05, 4.69) is 0 Å². The number of rotatable bonds is 7. The largest absolute Gasteiger partial charge is 0.490 e. The molecule has 0 aliphatic carbocycles. The number of carbonyl (C=O) groups excluding carboxylic acids is 1. The van der Waals surface area contributed by atoms with E-state index in [1.165, 1.54) is 7.05 Å². The number of benzene rings is 1. The highest BCUT2D eigenvalue weighted by atomic mass is 16.5. The van der Waals surface area contributed by atoms with Crippen LogP contribution in [0, 0.1) is 0 Å². The number of carbonyl (C=O) groups is 2. The summed E-state index contributed by atoms with van der Waals surface area (Å²) in [5, 5.41) is 8.58. The van der Waals surface area contributed by atoms with Gasteiger partial charge in [0.25, 0.3) is 5.91 Å². The van der Waals surface area contributed by atoms with Crippen LogP contribution in [0.15, 0.2) is 24.3 Å². The minimum absolute atomic E-state index is 0.228. The fraction of sp³-hybridized carbons (Fsp3) is 0.385. The van der Waals surface area contributed by atoms with Crippen molar-refractivity contribution in [3.8, 4) is 11.5 Å². The first-order valence-corrected chi connectivity index (χ1v) is 5.85. The van der Waals surface area contributed by atoms with Gasteiger partial charge in [-0.25, -0.2) is 0 Å². The van der Waals surface area contributed by atoms with Crippen LogP contribution in [0.1, 0.15) is 6.92 Å². The topological polar surface area (TPSA) is 76.1 Å². The molecule has 0 spiro atoms. The Morgan fingerprint density at radius 3 is 2.32 bits per heavy atom. The summed E-state index contributed by atoms with van der Waals surface area (Å²) >= 11 is 0. The molecule has 1 rings (SSSR count). The van der Waals surface area contributed by atoms with Gasteiger partial charge >= 0.3 is 5.97 Å². The first-order chi connectivity index (χ1) is 9.04. The summed E-state index contributed by atoms with van der Waals surface area (Å²) < 4.78 is 10.7. The normalized spacial score (nSPS) is 9.79. The van der Waals surface area contributed by atoms with Crippen molar-refractivity contribution >= 4 is 11.9 Å². The van der Waals surface area contributed by atoms with Crippen LogP contribution in [0.3, 0.4) is 0 Å². The van der Waals surface area contributed by atoms with Gasteiger partial charge < -0.3 is 19.5 Å². The number of ether oxygens (including phenoxy) is 2. The summed E-state index contributed by atoms with van der Waals surface area (Å²) in [6.45, 7) is 1.76. The van der Waals surface area contributed by atoms with Crippen molar-refractivity contribution in [3.63, 3.8) is 0 Å². The number of nitrogens with zero attached hydrogens (tertiary/aromatic N) is 1. The highest BCUT2D eigenvalue weighted by Gasteiger charge is 2.13. The molecule has 0 bridgehead atoms. The highest BCUT2D eigenvalue weighted by Crippen LogP contribution is 2.26. The zero-order valence-corrected chi connectivity index (χ0v) is 11.0. The third-order valence-corrected chi connectivity index (χ3v) is 2.30. The lowest BCUT2D eigenvalue weighted by Gasteiger charge is -2.16. The van der Waals surface area contributed by atoms with E-state index in [0.29, 0.717) is 18.1 Å². The van der Waals surface area contributed by atoms with Crippen LogP contribution >= 0.6 is 0 Å². The van der Waals surface area contributed by atoms with Gasteiger partial charge in [0.15, 0.2) is 18.1 Å². The van der Waals surface area contributed by atoms with Crippen molar-refractivity contribution in [2.75, 3.05) is 26.8 Å². The minimum atomic E-state index is -1.06. The van der Waals surface area contributed by atoms with Gasteiger partial charge in [-0.3, -0.25) is 9.59 Å². The molecule has 0 aliphatic rings. The van der Waals surface area contributed by atoms with Gasteiger partial charge in [0.2, 0.25) is 0 Å². The molecule has 19 heavy (non-hydrogen) atoms. The summed E-state index contributed by atoms with van der Waals surface area (Å²) in [6, 6.07) is 7.00. The number of amides is 1. The Balaban J connectivity index is 2.56. The van der Waals surface area contributed by atoms with Crippen molar-refractivity contribution in [1.82, 2.24) is 4.90 Å². The third-order valence-electron chi connectivity index (χ3n) is 2.30. The zero-order chi connectivity index (χ0) is 14.3. The second kappa shape index (κ2) is 7.25. The average molecular weight is 267 g/mol. The summed E-state index contributed by atoms with van der Waals surface area (Å²) in [5.41, 5.74) is 0. The second-order valence-corrected chi connectivity index (χ2v) is 3.81. The summed E-state index contributed by atoms with van der Waals surface area (Å²) in [6.07, 6.45) is 0. The van der Waals surface area contributed by atoms with Crippen molar-refractivity contribution in [1.29, 1.82) is 0 Å². The predicted octanol–water partition coefficient (Wildman–Crippen LogP) is 1.01. The van der Waals surface area contributed by atoms with Crippen LogP contribution in [-0.4, -0.2) is 48.7 Å². The average Bonchev–Trinajstić information content (AvgIpc) is 2.37. The van der Waals surface area contributed by atoms with Gasteiger partial charge in [-0.15, -0.1) is 0 Å². The molecule has 0 aliphatic heterocycles. The third kappa shape index (κ3) is 4.87. The molecule has 0 unspecified atom stereocenters. The Hall–Kier alpha value is -2.24. The Morgan fingerprint density at radius 2 is 1.79 bits per heavy atom. The van der Waals surface area contributed by atoms with Gasteiger partial charge in [0, 0.05) is 7.05 Å². The quantitative estimate of drug-likeness (QED) is 0.797. The Kier molecular flexibility index (Phi) is 5.66. The van der Waals surface area contributed by atoms with E-state index in [1.54, 1.807) is 24.3 Å². The van der Waals surface area contributed by atoms with Crippen LogP contribution in [0.5, 0.6) is 11.5 Å². The van der Waals surface area contributed by atoms with Gasteiger partial charge in [-0.1, -0.05) is 12.1 Å². The van der Waals surface area contributed by atoms with Gasteiger partial charge in [-0.05, 0) is 19.1 Å². The molecule has 0 atom stereocenters. The lowest BCUT2D eigenvalue weighted by atomic mass is 10.3. The number of carboxylic acids is 1. The Morgan fingerprint density at radius 1 is 1.21 bits per heavy atom. The molecule has 1 amide bonds. The van der Waals surface area contributed by atoms with Crippen molar-refractivity contribution in [2.45, 2.75) is 6.92 Å². The molecule has 1 aromatic carbocycles. The van der Waals surface area contributed by atoms with Gasteiger partial charge in [-0.2, -0.15) is 0 Å². The summed E-state index contributed by atoms with van der Waals surface area (Å²) in [5.74, 6) is -0.459. The van der Waals surface area contributed by atoms with Gasteiger partial charge in [0.1, 0.15) is 6.54 Å². The molecule has 6 nitrogen and oxygen atoms in total. The van der Waals surface area contributed by atoms with Crippen molar-refractivity contribution in [3.05, 3.63) is 24.3 Å². The van der Waals surface area contributed by atoms with Crippen LogP contribution in [0.25, 0.3) is 0 Å². The number of likely N-dealkylation sites (N-methyl/N-ethyl adjacent to an activating group) is 1. The molecule has 1 N–H and O–H groups in total. The summed E-state index contributed by atoms with van der Waals surface area (Å²) in [7, 11) is 1.41. The minimum Gasteiger partial charge on any atom is -0.490 e. The number of carboxylic acid groups (broad SMARTS) is 1. The fourth-order valence-corrected chi connectivity index (χ4v) is 1.38. The second-order valence-electron chi connectivity index (χ2n) is 3.81. The molecule has 0 radical (unpaired) electrons. The van der Waals surface area contributed by atoms with Crippen LogP contribution in [0.2, 0.25) is 0 Å². The van der Waals surface area contributed by atoms with Gasteiger partial charge in [0.05, 0.1) is 6.61 Å². The molecule has 0 saturated carbocycles. The Labute approximate surface area is 111 Å². The van der Waals surface area contributed by atoms with E-state index >= 15 is 0 Å². The van der Waals surface area contributed by atoms with E-state index in [-0.39, 0.29) is 13.2 Å². The molecule has 6 heteroatoms. The number of aliphatic carboxylic acids is 1. The number of hydrogen-bond acceptors (Lipinski definition) is 4. The van der Waals surface area contributed by atoms with E-state index in [4.69, 9.17) is 14.6 Å². The van der Waals surface area contributed by atoms with E-state index in [9.17, 15) is 9.59 Å². The van der Waals surface area contributed by atoms with Crippen LogP contribution < -0.4 is 9.47 Å². The standard InChI is InChI=1S/C13H17NO5/c1-3-18-10-6-4-5-7-11(10)19-9-12(15)14(2)8-13(16)17/h4-7H,3,8-9H2,1-2H3,(H,16,17). The first kappa shape index (κ1) is 14.8.